The van der Waals surface area contributed by atoms with Crippen molar-refractivity contribution in [3.8, 4) is 0 Å². The second kappa shape index (κ2) is 7.42. The molecule has 0 spiro atoms. The number of aromatic nitrogens is 2. The molecule has 25 heavy (non-hydrogen) atoms. The van der Waals surface area contributed by atoms with Crippen LogP contribution in [0, 0.1) is 0 Å². The van der Waals surface area contributed by atoms with E-state index in [0.29, 0.717) is 17.9 Å². The first-order valence-corrected chi connectivity index (χ1v) is 8.13. The first kappa shape index (κ1) is 17.1. The van der Waals surface area contributed by atoms with Gasteiger partial charge in [-0.1, -0.05) is 30.3 Å². The summed E-state index contributed by atoms with van der Waals surface area (Å²) in [4.78, 5) is 10.1. The highest BCUT2D eigenvalue weighted by Crippen LogP contribution is 2.24. The third kappa shape index (κ3) is 3.84. The lowest BCUT2D eigenvalue weighted by Gasteiger charge is -2.27. The molecule has 1 unspecified atom stereocenters. The summed E-state index contributed by atoms with van der Waals surface area (Å²) in [6.07, 6.45) is -2.70. The monoisotopic (exact) mass is 342 g/mol. The fraction of sp³-hybridized carbons (Fsp3) is 0.263. The van der Waals surface area contributed by atoms with Gasteiger partial charge in [-0.05, 0) is 31.2 Å². The second-order valence-corrected chi connectivity index (χ2v) is 5.92. The Bertz CT molecular complexity index is 839. The fourth-order valence-electron chi connectivity index (χ4n) is 2.63. The van der Waals surface area contributed by atoms with E-state index in [1.807, 2.05) is 49.5 Å². The summed E-state index contributed by atoms with van der Waals surface area (Å²) >= 11 is 0. The van der Waals surface area contributed by atoms with Gasteiger partial charge in [-0.15, -0.1) is 0 Å². The van der Waals surface area contributed by atoms with Crippen LogP contribution >= 0.6 is 0 Å². The maximum atomic E-state index is 13.1. The number of para-hydroxylation sites is 2. The largest absolute Gasteiger partial charge is 0.370 e. The van der Waals surface area contributed by atoms with Gasteiger partial charge in [0.25, 0.3) is 6.43 Å². The summed E-state index contributed by atoms with van der Waals surface area (Å²) in [7, 11) is 2.00. The maximum Gasteiger partial charge on any atom is 0.297 e. The van der Waals surface area contributed by atoms with Gasteiger partial charge in [-0.25, -0.2) is 18.7 Å². The lowest BCUT2D eigenvalue weighted by atomic mass is 10.2. The Kier molecular flexibility index (Phi) is 5.07. The van der Waals surface area contributed by atoms with Crippen molar-refractivity contribution < 1.29 is 8.78 Å². The summed E-state index contributed by atoms with van der Waals surface area (Å²) < 4.78 is 26.1. The zero-order valence-corrected chi connectivity index (χ0v) is 14.2. The number of rotatable bonds is 6. The van der Waals surface area contributed by atoms with Crippen LogP contribution in [0.3, 0.4) is 0 Å². The van der Waals surface area contributed by atoms with E-state index < -0.39 is 12.2 Å². The smallest absolute Gasteiger partial charge is 0.297 e. The van der Waals surface area contributed by atoms with Crippen molar-refractivity contribution in [1.82, 2.24) is 9.97 Å². The number of alkyl halides is 2. The Hall–Kier alpha value is -2.76. The molecular formula is C19H20F2N4. The molecule has 3 aromatic rings. The van der Waals surface area contributed by atoms with E-state index in [2.05, 4.69) is 27.1 Å². The van der Waals surface area contributed by atoms with Crippen LogP contribution in [-0.4, -0.2) is 29.6 Å². The number of hydrogen-bond donors (Lipinski definition) is 1. The Balaban J connectivity index is 1.80. The van der Waals surface area contributed by atoms with Gasteiger partial charge in [0.05, 0.1) is 5.52 Å². The number of anilines is 2. The molecule has 0 radical (unpaired) electrons. The van der Waals surface area contributed by atoms with Crippen LogP contribution < -0.4 is 10.2 Å². The highest BCUT2D eigenvalue weighted by molar-refractivity contribution is 5.89. The van der Waals surface area contributed by atoms with Gasteiger partial charge in [-0.3, -0.25) is 0 Å². The predicted molar refractivity (Wildman–Crippen MR) is 97.3 cm³/mol. The van der Waals surface area contributed by atoms with E-state index in [4.69, 9.17) is 0 Å². The van der Waals surface area contributed by atoms with E-state index in [-0.39, 0.29) is 6.04 Å². The normalized spacial score (nSPS) is 12.4. The Morgan fingerprint density at radius 1 is 1.00 bits per heavy atom. The molecule has 130 valence electrons. The van der Waals surface area contributed by atoms with Crippen molar-refractivity contribution in [2.45, 2.75) is 19.4 Å². The van der Waals surface area contributed by atoms with Gasteiger partial charge in [0, 0.05) is 30.7 Å². The summed E-state index contributed by atoms with van der Waals surface area (Å²) in [5.74, 6) is -0.0144. The van der Waals surface area contributed by atoms with Crippen molar-refractivity contribution in [2.75, 3.05) is 23.8 Å². The first-order chi connectivity index (χ1) is 12.1. The topological polar surface area (TPSA) is 41.1 Å². The van der Waals surface area contributed by atoms with Crippen molar-refractivity contribution in [3.63, 3.8) is 0 Å². The number of nitrogens with zero attached hydrogens (tertiary/aromatic N) is 3. The average molecular weight is 342 g/mol. The van der Waals surface area contributed by atoms with Gasteiger partial charge < -0.3 is 10.2 Å². The zero-order valence-electron chi connectivity index (χ0n) is 14.2. The lowest BCUT2D eigenvalue weighted by molar-refractivity contribution is 0.141. The minimum atomic E-state index is -2.70. The highest BCUT2D eigenvalue weighted by atomic mass is 19.3. The van der Waals surface area contributed by atoms with Gasteiger partial charge >= 0.3 is 0 Å². The molecule has 3 rings (SSSR count). The first-order valence-electron chi connectivity index (χ1n) is 8.13. The molecule has 2 aromatic carbocycles. The third-order valence-corrected chi connectivity index (χ3v) is 4.21. The molecule has 1 N–H and O–H groups in total. The quantitative estimate of drug-likeness (QED) is 0.716. The number of nitrogens with one attached hydrogen (secondary N) is 1. The molecule has 0 bridgehead atoms. The molecule has 1 heterocycles. The summed E-state index contributed by atoms with van der Waals surface area (Å²) in [5, 5.41) is 3.94. The molecule has 0 saturated carbocycles. The van der Waals surface area contributed by atoms with Crippen LogP contribution in [0.15, 0.2) is 54.6 Å². The molecule has 0 saturated heterocycles. The van der Waals surface area contributed by atoms with Crippen LogP contribution in [-0.2, 0) is 0 Å². The van der Waals surface area contributed by atoms with Crippen molar-refractivity contribution in [2.24, 2.45) is 0 Å². The van der Waals surface area contributed by atoms with Crippen LogP contribution in [0.4, 0.5) is 20.3 Å². The van der Waals surface area contributed by atoms with Crippen molar-refractivity contribution in [3.05, 3.63) is 60.4 Å². The molecule has 1 atom stereocenters. The van der Waals surface area contributed by atoms with Crippen LogP contribution in [0.1, 0.15) is 19.2 Å². The molecule has 0 aliphatic heterocycles. The molecule has 0 fully saturated rings. The SMILES string of the molecule is CC(CNc1nc(C(F)F)nc2ccccc12)N(C)c1ccccc1. The third-order valence-electron chi connectivity index (χ3n) is 4.21. The molecular weight excluding hydrogens is 322 g/mol. The Morgan fingerprint density at radius 2 is 1.68 bits per heavy atom. The zero-order chi connectivity index (χ0) is 17.8. The number of hydrogen-bond acceptors (Lipinski definition) is 4. The Labute approximate surface area is 145 Å². The van der Waals surface area contributed by atoms with Gasteiger partial charge in [0.1, 0.15) is 5.82 Å². The fourth-order valence-corrected chi connectivity index (χ4v) is 2.63. The van der Waals surface area contributed by atoms with Crippen molar-refractivity contribution in [1.29, 1.82) is 0 Å². The maximum absolute atomic E-state index is 13.1. The molecule has 4 nitrogen and oxygen atoms in total. The minimum absolute atomic E-state index is 0.145. The molecule has 0 aliphatic carbocycles. The standard InChI is InChI=1S/C19H20F2N4/c1-13(25(2)14-8-4-3-5-9-14)12-22-18-15-10-6-7-11-16(15)23-19(24-18)17(20)21/h3-11,13,17H,12H2,1-2H3,(H,22,23,24). The summed E-state index contributed by atoms with van der Waals surface area (Å²) in [5.41, 5.74) is 1.61. The van der Waals surface area contributed by atoms with Gasteiger partial charge in [-0.2, -0.15) is 0 Å². The number of fused-ring (bicyclic) bond motifs is 1. The molecule has 6 heteroatoms. The summed E-state index contributed by atoms with van der Waals surface area (Å²) in [6.45, 7) is 2.63. The number of likely N-dealkylation sites (N-methyl/N-ethyl adjacent to an activating group) is 1. The number of benzene rings is 2. The van der Waals surface area contributed by atoms with Crippen molar-refractivity contribution >= 4 is 22.4 Å². The average Bonchev–Trinajstić information content (AvgIpc) is 2.65. The van der Waals surface area contributed by atoms with E-state index in [1.165, 1.54) is 0 Å². The molecule has 1 aromatic heterocycles. The van der Waals surface area contributed by atoms with E-state index in [0.717, 1.165) is 11.1 Å². The van der Waals surface area contributed by atoms with Gasteiger partial charge in [0.15, 0.2) is 5.82 Å². The van der Waals surface area contributed by atoms with Gasteiger partial charge in [0.2, 0.25) is 0 Å². The summed E-state index contributed by atoms with van der Waals surface area (Å²) in [6, 6.07) is 17.3. The van der Waals surface area contributed by atoms with E-state index >= 15 is 0 Å². The second-order valence-electron chi connectivity index (χ2n) is 5.92. The number of halogens is 2. The predicted octanol–water partition coefficient (Wildman–Crippen LogP) is 4.50. The van der Waals surface area contributed by atoms with Crippen LogP contribution in [0.5, 0.6) is 0 Å². The molecule has 0 amide bonds. The van der Waals surface area contributed by atoms with E-state index in [9.17, 15) is 8.78 Å². The van der Waals surface area contributed by atoms with E-state index in [1.54, 1.807) is 12.1 Å². The lowest BCUT2D eigenvalue weighted by Crippen LogP contribution is -2.35. The highest BCUT2D eigenvalue weighted by Gasteiger charge is 2.16. The van der Waals surface area contributed by atoms with Crippen LogP contribution in [0.2, 0.25) is 0 Å². The van der Waals surface area contributed by atoms with Crippen LogP contribution in [0.25, 0.3) is 10.9 Å². The Morgan fingerprint density at radius 3 is 2.40 bits per heavy atom. The minimum Gasteiger partial charge on any atom is -0.370 e. The molecule has 0 aliphatic rings.